The number of carbonyl (C=O) groups is 1. The summed E-state index contributed by atoms with van der Waals surface area (Å²) in [6, 6.07) is 20.6. The molecular weight excluding hydrogens is 486 g/mol. The van der Waals surface area contributed by atoms with Crippen LogP contribution in [0.2, 0.25) is 5.02 Å². The largest absolute Gasteiger partial charge is 0.466 e. The van der Waals surface area contributed by atoms with E-state index in [1.54, 1.807) is 73.7 Å². The predicted molar refractivity (Wildman–Crippen MR) is 136 cm³/mol. The molecule has 0 aliphatic carbocycles. The van der Waals surface area contributed by atoms with Crippen molar-refractivity contribution in [2.75, 3.05) is 19.7 Å². The molecule has 0 saturated heterocycles. The van der Waals surface area contributed by atoms with Gasteiger partial charge in [-0.3, -0.25) is 4.79 Å². The Morgan fingerprint density at radius 1 is 0.971 bits per heavy atom. The van der Waals surface area contributed by atoms with Crippen molar-refractivity contribution in [2.45, 2.75) is 42.1 Å². The molecule has 0 fully saturated rings. The second kappa shape index (κ2) is 12.8. The zero-order valence-corrected chi connectivity index (χ0v) is 21.2. The summed E-state index contributed by atoms with van der Waals surface area (Å²) in [5.41, 5.74) is 2.50. The van der Waals surface area contributed by atoms with Crippen molar-refractivity contribution in [3.05, 3.63) is 94.5 Å². The average Bonchev–Trinajstić information content (AvgIpc) is 2.86. The molecule has 3 aromatic carbocycles. The van der Waals surface area contributed by atoms with Gasteiger partial charge in [-0.05, 0) is 79.4 Å². The minimum Gasteiger partial charge on any atom is -0.466 e. The number of benzene rings is 3. The normalized spacial score (nSPS) is 12.3. The van der Waals surface area contributed by atoms with Crippen LogP contribution in [0.1, 0.15) is 36.1 Å². The fourth-order valence-electron chi connectivity index (χ4n) is 3.62. The molecule has 0 unspecified atom stereocenters. The minimum absolute atomic E-state index is 0.197. The van der Waals surface area contributed by atoms with E-state index in [2.05, 4.69) is 5.32 Å². The van der Waals surface area contributed by atoms with Crippen molar-refractivity contribution in [2.24, 2.45) is 0 Å². The van der Waals surface area contributed by atoms with Gasteiger partial charge in [0.25, 0.3) is 0 Å². The lowest BCUT2D eigenvalue weighted by Gasteiger charge is -2.13. The maximum atomic E-state index is 13.1. The van der Waals surface area contributed by atoms with Crippen LogP contribution in [0.4, 0.5) is 0 Å². The summed E-state index contributed by atoms with van der Waals surface area (Å²) in [6.07, 6.45) is 0.650. The third-order valence-electron chi connectivity index (χ3n) is 5.53. The second-order valence-electron chi connectivity index (χ2n) is 8.12. The molecule has 0 heterocycles. The van der Waals surface area contributed by atoms with Gasteiger partial charge in [-0.1, -0.05) is 48.0 Å². The summed E-state index contributed by atoms with van der Waals surface area (Å²) < 4.78 is 31.1. The van der Waals surface area contributed by atoms with Crippen LogP contribution in [0.15, 0.2) is 82.6 Å². The molecule has 0 radical (unpaired) electrons. The summed E-state index contributed by atoms with van der Waals surface area (Å²) >= 11 is 5.97. The first-order valence-corrected chi connectivity index (χ1v) is 13.4. The Morgan fingerprint density at radius 3 is 2.43 bits per heavy atom. The number of hydrogen-bond donors (Lipinski definition) is 2. The molecule has 3 rings (SSSR count). The standard InChI is InChI=1S/C27H30ClNO5S/c1-2-34-27(31)14-11-21-5-3-8-25(17-21)35(32,33)24-12-9-20(10-13-24)15-16-29-19-26(30)22-6-4-7-23(28)18-22/h3-10,12-13,17-18,26,29-30H,2,11,14-16,19H2,1H3/t26-/m0/s1. The van der Waals surface area contributed by atoms with Crippen molar-refractivity contribution < 1.29 is 23.1 Å². The molecule has 6 nitrogen and oxygen atoms in total. The molecule has 35 heavy (non-hydrogen) atoms. The minimum atomic E-state index is -3.67. The van der Waals surface area contributed by atoms with E-state index in [-0.39, 0.29) is 22.2 Å². The van der Waals surface area contributed by atoms with Gasteiger partial charge in [-0.25, -0.2) is 8.42 Å². The van der Waals surface area contributed by atoms with Crippen LogP contribution in [-0.2, 0) is 32.2 Å². The summed E-state index contributed by atoms with van der Waals surface area (Å²) in [5, 5.41) is 14.1. The molecule has 0 amide bonds. The maximum absolute atomic E-state index is 13.1. The number of aliphatic hydroxyl groups excluding tert-OH is 1. The highest BCUT2D eigenvalue weighted by Gasteiger charge is 2.18. The number of esters is 1. The Labute approximate surface area is 211 Å². The molecule has 3 aromatic rings. The van der Waals surface area contributed by atoms with Gasteiger partial charge >= 0.3 is 5.97 Å². The van der Waals surface area contributed by atoms with Gasteiger partial charge in [-0.2, -0.15) is 0 Å². The third-order valence-corrected chi connectivity index (χ3v) is 7.53. The third kappa shape index (κ3) is 7.90. The van der Waals surface area contributed by atoms with Crippen molar-refractivity contribution >= 4 is 27.4 Å². The number of rotatable bonds is 12. The van der Waals surface area contributed by atoms with Crippen LogP contribution in [0, 0.1) is 0 Å². The zero-order valence-electron chi connectivity index (χ0n) is 19.6. The van der Waals surface area contributed by atoms with Crippen LogP contribution >= 0.6 is 11.6 Å². The van der Waals surface area contributed by atoms with Gasteiger partial charge in [0.2, 0.25) is 9.84 Å². The molecule has 8 heteroatoms. The van der Waals surface area contributed by atoms with E-state index in [0.717, 1.165) is 16.7 Å². The van der Waals surface area contributed by atoms with Crippen molar-refractivity contribution in [1.29, 1.82) is 0 Å². The Kier molecular flexibility index (Phi) is 9.86. The molecule has 1 atom stereocenters. The second-order valence-corrected chi connectivity index (χ2v) is 10.5. The first-order valence-electron chi connectivity index (χ1n) is 11.5. The maximum Gasteiger partial charge on any atom is 0.306 e. The summed E-state index contributed by atoms with van der Waals surface area (Å²) in [7, 11) is -3.67. The lowest BCUT2D eigenvalue weighted by atomic mass is 10.1. The smallest absolute Gasteiger partial charge is 0.306 e. The van der Waals surface area contributed by atoms with E-state index in [4.69, 9.17) is 16.3 Å². The molecule has 2 N–H and O–H groups in total. The number of carbonyl (C=O) groups excluding carboxylic acids is 1. The number of ether oxygens (including phenoxy) is 1. The number of hydrogen-bond acceptors (Lipinski definition) is 6. The van der Waals surface area contributed by atoms with Crippen molar-refractivity contribution in [3.8, 4) is 0 Å². The molecular formula is C27H30ClNO5S. The topological polar surface area (TPSA) is 92.7 Å². The molecule has 0 bridgehead atoms. The lowest BCUT2D eigenvalue weighted by molar-refractivity contribution is -0.143. The Morgan fingerprint density at radius 2 is 1.71 bits per heavy atom. The van der Waals surface area contributed by atoms with Gasteiger partial charge in [-0.15, -0.1) is 0 Å². The number of sulfone groups is 1. The number of aliphatic hydroxyl groups is 1. The van der Waals surface area contributed by atoms with Crippen LogP contribution in [0.3, 0.4) is 0 Å². The summed E-state index contributed by atoms with van der Waals surface area (Å²) in [6.45, 7) is 3.09. The monoisotopic (exact) mass is 515 g/mol. The van der Waals surface area contributed by atoms with E-state index < -0.39 is 15.9 Å². The highest BCUT2D eigenvalue weighted by molar-refractivity contribution is 7.91. The molecule has 0 saturated carbocycles. The highest BCUT2D eigenvalue weighted by atomic mass is 35.5. The fourth-order valence-corrected chi connectivity index (χ4v) is 5.15. The number of halogens is 1. The van der Waals surface area contributed by atoms with Crippen molar-refractivity contribution in [1.82, 2.24) is 5.32 Å². The van der Waals surface area contributed by atoms with Crippen molar-refractivity contribution in [3.63, 3.8) is 0 Å². The highest BCUT2D eigenvalue weighted by Crippen LogP contribution is 2.23. The van der Waals surface area contributed by atoms with Crippen LogP contribution in [-0.4, -0.2) is 39.2 Å². The molecule has 0 aromatic heterocycles. The van der Waals surface area contributed by atoms with Crippen LogP contribution in [0.5, 0.6) is 0 Å². The summed E-state index contributed by atoms with van der Waals surface area (Å²) in [4.78, 5) is 12.0. The van der Waals surface area contributed by atoms with E-state index in [1.807, 2.05) is 6.07 Å². The molecule has 0 aliphatic rings. The predicted octanol–water partition coefficient (Wildman–Crippen LogP) is 4.53. The Balaban J connectivity index is 1.54. The van der Waals surface area contributed by atoms with E-state index in [0.29, 0.717) is 37.6 Å². The first-order chi connectivity index (χ1) is 16.8. The molecule has 186 valence electrons. The van der Waals surface area contributed by atoms with E-state index in [9.17, 15) is 18.3 Å². The molecule has 0 aliphatic heterocycles. The van der Waals surface area contributed by atoms with Gasteiger partial charge in [0.1, 0.15) is 0 Å². The first kappa shape index (κ1) is 26.9. The van der Waals surface area contributed by atoms with E-state index >= 15 is 0 Å². The van der Waals surface area contributed by atoms with Gasteiger partial charge in [0, 0.05) is 18.0 Å². The Hall–Kier alpha value is -2.71. The lowest BCUT2D eigenvalue weighted by Crippen LogP contribution is -2.23. The van der Waals surface area contributed by atoms with E-state index in [1.165, 1.54) is 0 Å². The van der Waals surface area contributed by atoms with Crippen LogP contribution in [0.25, 0.3) is 0 Å². The number of nitrogens with one attached hydrogen (secondary N) is 1. The van der Waals surface area contributed by atoms with Gasteiger partial charge in [0.05, 0.1) is 22.5 Å². The quantitative estimate of drug-likeness (QED) is 0.272. The molecule has 0 spiro atoms. The number of aryl methyl sites for hydroxylation is 1. The SMILES string of the molecule is CCOC(=O)CCc1cccc(S(=O)(=O)c2ccc(CCNC[C@H](O)c3cccc(Cl)c3)cc2)c1. The van der Waals surface area contributed by atoms with Crippen LogP contribution < -0.4 is 5.32 Å². The summed E-state index contributed by atoms with van der Waals surface area (Å²) in [5.74, 6) is -0.301. The average molecular weight is 516 g/mol. The van der Waals surface area contributed by atoms with Gasteiger partial charge in [0.15, 0.2) is 0 Å². The Bertz CT molecular complexity index is 1230. The zero-order chi connectivity index (χ0) is 25.3. The fraction of sp³-hybridized carbons (Fsp3) is 0.296. The van der Waals surface area contributed by atoms with Gasteiger partial charge < -0.3 is 15.2 Å².